The molecule has 4 rings (SSSR count). The summed E-state index contributed by atoms with van der Waals surface area (Å²) >= 11 is 0.732. The summed E-state index contributed by atoms with van der Waals surface area (Å²) in [6, 6.07) is 20.5. The number of aryl methyl sites for hydroxylation is 1. The van der Waals surface area contributed by atoms with Gasteiger partial charge < -0.3 is 14.8 Å². The van der Waals surface area contributed by atoms with Gasteiger partial charge in [0.15, 0.2) is 11.5 Å². The van der Waals surface area contributed by atoms with Gasteiger partial charge in [0, 0.05) is 5.69 Å². The molecule has 1 fully saturated rings. The number of hydrogen-bond donors (Lipinski definition) is 1. The Balaban J connectivity index is 1.49. The van der Waals surface area contributed by atoms with Crippen molar-refractivity contribution in [2.24, 2.45) is 0 Å². The second kappa shape index (κ2) is 10.9. The first-order valence-electron chi connectivity index (χ1n) is 10.9. The summed E-state index contributed by atoms with van der Waals surface area (Å²) in [7, 11) is 1.45. The largest absolute Gasteiger partial charge is 0.493 e. The van der Waals surface area contributed by atoms with Gasteiger partial charge in [-0.25, -0.2) is 4.79 Å². The van der Waals surface area contributed by atoms with Gasteiger partial charge in [0.25, 0.3) is 11.1 Å². The summed E-state index contributed by atoms with van der Waals surface area (Å²) in [6.45, 7) is 1.51. The van der Waals surface area contributed by atoms with Crippen LogP contribution >= 0.6 is 11.8 Å². The first-order valence-corrected chi connectivity index (χ1v) is 11.7. The van der Waals surface area contributed by atoms with E-state index in [0.29, 0.717) is 22.6 Å². The van der Waals surface area contributed by atoms with Gasteiger partial charge in [-0.2, -0.15) is 0 Å². The zero-order valence-electron chi connectivity index (χ0n) is 19.5. The van der Waals surface area contributed by atoms with Gasteiger partial charge in [0.1, 0.15) is 6.54 Å². The van der Waals surface area contributed by atoms with Crippen LogP contribution in [-0.4, -0.2) is 41.6 Å². The molecule has 0 saturated carbocycles. The van der Waals surface area contributed by atoms with Gasteiger partial charge in [-0.1, -0.05) is 42.0 Å². The number of benzene rings is 3. The molecular weight excluding hydrogens is 480 g/mol. The van der Waals surface area contributed by atoms with E-state index >= 15 is 0 Å². The molecule has 8 nitrogen and oxygen atoms in total. The van der Waals surface area contributed by atoms with Crippen molar-refractivity contribution < 1.29 is 28.7 Å². The van der Waals surface area contributed by atoms with Crippen LogP contribution in [0.5, 0.6) is 11.5 Å². The van der Waals surface area contributed by atoms with E-state index in [2.05, 4.69) is 5.32 Å². The number of methoxy groups -OCH3 is 1. The number of carbonyl (C=O) groups excluding carboxylic acids is 4. The lowest BCUT2D eigenvalue weighted by molar-refractivity contribution is -0.127. The Kier molecular flexibility index (Phi) is 7.50. The van der Waals surface area contributed by atoms with Crippen LogP contribution in [0, 0.1) is 6.92 Å². The highest BCUT2D eigenvalue weighted by Crippen LogP contribution is 2.34. The minimum Gasteiger partial charge on any atom is -0.493 e. The molecular formula is C27H22N2O6S. The maximum atomic E-state index is 12.8. The van der Waals surface area contributed by atoms with E-state index in [1.165, 1.54) is 13.2 Å². The molecule has 9 heteroatoms. The molecule has 1 heterocycles. The van der Waals surface area contributed by atoms with Crippen LogP contribution in [0.1, 0.15) is 21.5 Å². The summed E-state index contributed by atoms with van der Waals surface area (Å²) < 4.78 is 10.8. The number of hydrogen-bond acceptors (Lipinski definition) is 7. The Bertz CT molecular complexity index is 1350. The number of imide groups is 1. The second-order valence-corrected chi connectivity index (χ2v) is 8.84. The quantitative estimate of drug-likeness (QED) is 0.279. The summed E-state index contributed by atoms with van der Waals surface area (Å²) in [6.07, 6.45) is 1.50. The zero-order chi connectivity index (χ0) is 25.7. The van der Waals surface area contributed by atoms with Crippen LogP contribution in [0.15, 0.2) is 77.7 Å². The molecule has 0 bridgehead atoms. The third-order valence-electron chi connectivity index (χ3n) is 5.21. The Morgan fingerprint density at radius 2 is 1.69 bits per heavy atom. The number of carbonyl (C=O) groups is 4. The Hall–Kier alpha value is -4.37. The van der Waals surface area contributed by atoms with Crippen molar-refractivity contribution in [1.29, 1.82) is 0 Å². The SMILES string of the molecule is COc1ccc(/C=C2\SC(=O)N(CC(=O)Nc3ccccc3)C2=O)cc1OC(=O)c1ccc(C)cc1. The molecule has 1 aliphatic rings. The van der Waals surface area contributed by atoms with Gasteiger partial charge in [-0.15, -0.1) is 0 Å². The molecule has 0 aliphatic carbocycles. The zero-order valence-corrected chi connectivity index (χ0v) is 20.3. The topological polar surface area (TPSA) is 102 Å². The van der Waals surface area contributed by atoms with Gasteiger partial charge in [0.05, 0.1) is 17.6 Å². The summed E-state index contributed by atoms with van der Waals surface area (Å²) in [5, 5.41) is 2.11. The highest BCUT2D eigenvalue weighted by atomic mass is 32.2. The maximum Gasteiger partial charge on any atom is 0.343 e. The first kappa shape index (κ1) is 24.7. The number of esters is 1. The van der Waals surface area contributed by atoms with Gasteiger partial charge in [-0.05, 0) is 66.7 Å². The van der Waals surface area contributed by atoms with E-state index in [4.69, 9.17) is 9.47 Å². The summed E-state index contributed by atoms with van der Waals surface area (Å²) in [5.74, 6) is -1.13. The van der Waals surface area contributed by atoms with Crippen molar-refractivity contribution in [3.63, 3.8) is 0 Å². The maximum absolute atomic E-state index is 12.8. The number of amides is 3. The van der Waals surface area contributed by atoms with E-state index in [1.54, 1.807) is 66.7 Å². The van der Waals surface area contributed by atoms with Gasteiger partial charge >= 0.3 is 5.97 Å². The van der Waals surface area contributed by atoms with Crippen LogP contribution in [0.25, 0.3) is 6.08 Å². The lowest BCUT2D eigenvalue weighted by Gasteiger charge is -2.12. The summed E-state index contributed by atoms with van der Waals surface area (Å²) in [4.78, 5) is 51.2. The Labute approximate surface area is 211 Å². The molecule has 182 valence electrons. The number of thioether (sulfide) groups is 1. The summed E-state index contributed by atoms with van der Waals surface area (Å²) in [5.41, 5.74) is 2.47. The minimum atomic E-state index is -0.581. The van der Waals surface area contributed by atoms with Crippen LogP contribution in [0.4, 0.5) is 10.5 Å². The van der Waals surface area contributed by atoms with E-state index < -0.39 is 29.6 Å². The normalized spacial score (nSPS) is 14.2. The number of para-hydroxylation sites is 1. The number of nitrogens with zero attached hydrogens (tertiary/aromatic N) is 1. The molecule has 3 aromatic rings. The fourth-order valence-electron chi connectivity index (χ4n) is 3.36. The number of rotatable bonds is 7. The monoisotopic (exact) mass is 502 g/mol. The number of anilines is 1. The van der Waals surface area contributed by atoms with Crippen molar-refractivity contribution in [1.82, 2.24) is 4.90 Å². The van der Waals surface area contributed by atoms with Crippen molar-refractivity contribution in [3.8, 4) is 11.5 Å². The minimum absolute atomic E-state index is 0.147. The molecule has 3 aromatic carbocycles. The highest BCUT2D eigenvalue weighted by Gasteiger charge is 2.36. The smallest absolute Gasteiger partial charge is 0.343 e. The second-order valence-electron chi connectivity index (χ2n) is 7.85. The highest BCUT2D eigenvalue weighted by molar-refractivity contribution is 8.18. The fourth-order valence-corrected chi connectivity index (χ4v) is 4.20. The molecule has 1 N–H and O–H groups in total. The number of nitrogens with one attached hydrogen (secondary N) is 1. The predicted octanol–water partition coefficient (Wildman–Crippen LogP) is 4.90. The van der Waals surface area contributed by atoms with Crippen molar-refractivity contribution in [2.45, 2.75) is 6.92 Å². The molecule has 1 aliphatic heterocycles. The predicted molar refractivity (Wildman–Crippen MR) is 137 cm³/mol. The van der Waals surface area contributed by atoms with Crippen molar-refractivity contribution >= 4 is 46.5 Å². The molecule has 0 radical (unpaired) electrons. The molecule has 36 heavy (non-hydrogen) atoms. The lowest BCUT2D eigenvalue weighted by atomic mass is 10.1. The van der Waals surface area contributed by atoms with E-state index in [0.717, 1.165) is 22.2 Å². The molecule has 0 aromatic heterocycles. The average Bonchev–Trinajstić information content (AvgIpc) is 3.12. The molecule has 3 amide bonds. The van der Waals surface area contributed by atoms with E-state index in [1.807, 2.05) is 13.0 Å². The molecule has 1 saturated heterocycles. The third-order valence-corrected chi connectivity index (χ3v) is 6.12. The molecule has 0 atom stereocenters. The van der Waals surface area contributed by atoms with Crippen LogP contribution in [0.3, 0.4) is 0 Å². The van der Waals surface area contributed by atoms with Gasteiger partial charge in [-0.3, -0.25) is 19.3 Å². The van der Waals surface area contributed by atoms with Crippen molar-refractivity contribution in [3.05, 3.63) is 94.4 Å². The Morgan fingerprint density at radius 1 is 0.972 bits per heavy atom. The average molecular weight is 503 g/mol. The lowest BCUT2D eigenvalue weighted by Crippen LogP contribution is -2.36. The Morgan fingerprint density at radius 3 is 2.39 bits per heavy atom. The third kappa shape index (κ3) is 5.81. The van der Waals surface area contributed by atoms with E-state index in [-0.39, 0.29) is 10.7 Å². The van der Waals surface area contributed by atoms with E-state index in [9.17, 15) is 19.2 Å². The van der Waals surface area contributed by atoms with Crippen molar-refractivity contribution in [2.75, 3.05) is 19.0 Å². The molecule has 0 unspecified atom stereocenters. The van der Waals surface area contributed by atoms with Gasteiger partial charge in [0.2, 0.25) is 5.91 Å². The van der Waals surface area contributed by atoms with Crippen LogP contribution in [-0.2, 0) is 9.59 Å². The standard InChI is InChI=1S/C27H22N2O6S/c1-17-8-11-19(12-9-17)26(32)35-22-14-18(10-13-21(22)34-2)15-23-25(31)29(27(33)36-23)16-24(30)28-20-6-4-3-5-7-20/h3-15H,16H2,1-2H3,(H,28,30)/b23-15-. The van der Waals surface area contributed by atoms with Crippen LogP contribution < -0.4 is 14.8 Å². The molecule has 0 spiro atoms. The first-order chi connectivity index (χ1) is 17.3. The van der Waals surface area contributed by atoms with Crippen LogP contribution in [0.2, 0.25) is 0 Å². The number of ether oxygens (including phenoxy) is 2. The fraction of sp³-hybridized carbons (Fsp3) is 0.111.